The van der Waals surface area contributed by atoms with Crippen LogP contribution in [0.1, 0.15) is 354 Å². The molecular weight excluding hydrogens is 996 g/mol. The fourth-order valence-electron chi connectivity index (χ4n) is 10.7. The molecule has 79 heavy (non-hydrogen) atoms. The number of rotatable bonds is 65. The number of aliphatic hydroxyl groups is 1. The van der Waals surface area contributed by atoms with Gasteiger partial charge in [0.15, 0.2) is 0 Å². The molecule has 3 N–H and O–H groups in total. The summed E-state index contributed by atoms with van der Waals surface area (Å²) in [7, 11) is 1.63. The number of phosphoric acid groups is 1. The Kier molecular flexibility index (Phi) is 60.3. The molecule has 0 radical (unpaired) electrons. The summed E-state index contributed by atoms with van der Waals surface area (Å²) in [6.07, 6.45) is 81.0. The first-order chi connectivity index (χ1) is 38.5. The van der Waals surface area contributed by atoms with Crippen molar-refractivity contribution < 1.29 is 32.9 Å². The second-order valence-electron chi connectivity index (χ2n) is 25.3. The fourth-order valence-corrected chi connectivity index (χ4v) is 11.4. The number of unbranched alkanes of at least 4 members (excludes halogenated alkanes) is 46. The highest BCUT2D eigenvalue weighted by molar-refractivity contribution is 7.47. The van der Waals surface area contributed by atoms with E-state index < -0.39 is 20.0 Å². The number of likely N-dealkylation sites (N-methyl/N-ethyl adjacent to an activating group) is 1. The van der Waals surface area contributed by atoms with Crippen LogP contribution in [0.3, 0.4) is 0 Å². The Morgan fingerprint density at radius 1 is 0.430 bits per heavy atom. The highest BCUT2D eigenvalue weighted by atomic mass is 31.2. The molecule has 1 amide bonds. The molecule has 0 aromatic carbocycles. The SMILES string of the molecule is CCCCCCC/C=C\C/C=C\C/C=C\CCCCCCCCCCCCCCCCCCC(=O)NC(COP(=O)(O)OCC[N+](C)(C)C)C(O)CCCCCCCCCCCCCCCCCCCCCCCCCCCC. The van der Waals surface area contributed by atoms with Gasteiger partial charge in [0.1, 0.15) is 13.2 Å². The van der Waals surface area contributed by atoms with E-state index in [1.165, 1.54) is 276 Å². The molecule has 9 heteroatoms. The topological polar surface area (TPSA) is 105 Å². The van der Waals surface area contributed by atoms with Gasteiger partial charge >= 0.3 is 7.82 Å². The van der Waals surface area contributed by atoms with Crippen LogP contribution < -0.4 is 5.32 Å². The van der Waals surface area contributed by atoms with Crippen LogP contribution in [-0.4, -0.2) is 73.4 Å². The van der Waals surface area contributed by atoms with Crippen molar-refractivity contribution in [3.8, 4) is 0 Å². The first kappa shape index (κ1) is 77.7. The zero-order chi connectivity index (χ0) is 57.7. The van der Waals surface area contributed by atoms with Gasteiger partial charge in [0.2, 0.25) is 5.91 Å². The quantitative estimate of drug-likeness (QED) is 0.0243. The number of hydrogen-bond donors (Lipinski definition) is 3. The van der Waals surface area contributed by atoms with Crippen LogP contribution in [0.15, 0.2) is 36.5 Å². The molecule has 0 bridgehead atoms. The predicted molar refractivity (Wildman–Crippen MR) is 346 cm³/mol. The minimum Gasteiger partial charge on any atom is -0.391 e. The lowest BCUT2D eigenvalue weighted by Crippen LogP contribution is -2.46. The number of aliphatic hydroxyl groups excluding tert-OH is 1. The molecule has 8 nitrogen and oxygen atoms in total. The van der Waals surface area contributed by atoms with Crippen molar-refractivity contribution >= 4 is 13.7 Å². The van der Waals surface area contributed by atoms with Crippen LogP contribution in [0, 0.1) is 0 Å². The number of nitrogens with zero attached hydrogens (tertiary/aromatic N) is 1. The number of carbonyl (C=O) groups is 1. The van der Waals surface area contributed by atoms with Gasteiger partial charge < -0.3 is 19.8 Å². The van der Waals surface area contributed by atoms with Crippen LogP contribution in [-0.2, 0) is 18.4 Å². The van der Waals surface area contributed by atoms with Gasteiger partial charge in [-0.15, -0.1) is 0 Å². The monoisotopic (exact) mass is 1130 g/mol. The van der Waals surface area contributed by atoms with Gasteiger partial charge in [-0.1, -0.05) is 333 Å². The van der Waals surface area contributed by atoms with E-state index in [4.69, 9.17) is 9.05 Å². The van der Waals surface area contributed by atoms with Gasteiger partial charge in [-0.3, -0.25) is 13.8 Å². The Morgan fingerprint density at radius 3 is 1.05 bits per heavy atom. The van der Waals surface area contributed by atoms with Crippen molar-refractivity contribution in [2.75, 3.05) is 40.9 Å². The summed E-state index contributed by atoms with van der Waals surface area (Å²) in [6, 6.07) is -0.762. The maximum Gasteiger partial charge on any atom is 0.472 e. The van der Waals surface area contributed by atoms with E-state index in [0.29, 0.717) is 23.9 Å². The maximum absolute atomic E-state index is 13.1. The molecule has 0 aliphatic heterocycles. The third kappa shape index (κ3) is 64.1. The Hall–Kier alpha value is -1.28. The molecule has 0 aliphatic carbocycles. The standard InChI is InChI=1S/C70H137N2O6P/c1-6-8-10-12-14-16-18-20-22-24-26-28-30-32-34-35-36-37-38-40-42-44-46-48-50-52-54-56-58-60-62-64-70(74)71-68(67-78-79(75,76)77-66-65-72(3,4)5)69(73)63-61-59-57-55-53-51-49-47-45-43-41-39-33-31-29-27-25-23-21-19-17-15-13-11-9-7-2/h18,20,24,26,30,32,68-69,73H,6-17,19,21-23,25,27-29,31,33-67H2,1-5H3,(H-,71,74,75,76)/p+1/b20-18-,26-24-,32-30-. The van der Waals surface area contributed by atoms with E-state index in [-0.39, 0.29) is 19.1 Å². The summed E-state index contributed by atoms with van der Waals surface area (Å²) in [5.74, 6) is -0.138. The fraction of sp³-hybridized carbons (Fsp3) is 0.900. The van der Waals surface area contributed by atoms with Crippen molar-refractivity contribution in [3.63, 3.8) is 0 Å². The van der Waals surface area contributed by atoms with Crippen molar-refractivity contribution in [1.82, 2.24) is 5.32 Å². The lowest BCUT2D eigenvalue weighted by molar-refractivity contribution is -0.870. The van der Waals surface area contributed by atoms with E-state index in [1.807, 2.05) is 21.1 Å². The van der Waals surface area contributed by atoms with Crippen LogP contribution in [0.2, 0.25) is 0 Å². The summed E-state index contributed by atoms with van der Waals surface area (Å²) in [6.45, 7) is 4.93. The zero-order valence-electron chi connectivity index (χ0n) is 53.6. The second-order valence-corrected chi connectivity index (χ2v) is 26.7. The molecule has 0 saturated heterocycles. The average molecular weight is 1130 g/mol. The van der Waals surface area contributed by atoms with Crippen molar-refractivity contribution in [1.29, 1.82) is 0 Å². The van der Waals surface area contributed by atoms with Crippen LogP contribution in [0.4, 0.5) is 0 Å². The molecule has 0 aromatic heterocycles. The molecule has 0 fully saturated rings. The zero-order valence-corrected chi connectivity index (χ0v) is 54.5. The predicted octanol–water partition coefficient (Wildman–Crippen LogP) is 22.1. The minimum atomic E-state index is -4.33. The Balaban J connectivity index is 4.02. The van der Waals surface area contributed by atoms with E-state index in [2.05, 4.69) is 55.6 Å². The molecule has 0 rings (SSSR count). The molecule has 3 atom stereocenters. The first-order valence-corrected chi connectivity index (χ1v) is 36.3. The Bertz CT molecular complexity index is 1380. The van der Waals surface area contributed by atoms with Crippen LogP contribution in [0.5, 0.6) is 0 Å². The molecule has 3 unspecified atom stereocenters. The van der Waals surface area contributed by atoms with E-state index >= 15 is 0 Å². The molecule has 0 saturated carbocycles. The number of carbonyl (C=O) groups excluding carboxylic acids is 1. The largest absolute Gasteiger partial charge is 0.472 e. The van der Waals surface area contributed by atoms with Gasteiger partial charge in [-0.2, -0.15) is 0 Å². The van der Waals surface area contributed by atoms with Crippen LogP contribution >= 0.6 is 7.82 Å². The van der Waals surface area contributed by atoms with E-state index in [1.54, 1.807) is 0 Å². The second kappa shape index (κ2) is 61.3. The van der Waals surface area contributed by atoms with Gasteiger partial charge in [0, 0.05) is 6.42 Å². The number of allylic oxidation sites excluding steroid dienone is 6. The first-order valence-electron chi connectivity index (χ1n) is 34.9. The Labute approximate surface area is 493 Å². The van der Waals surface area contributed by atoms with Crippen molar-refractivity contribution in [2.45, 2.75) is 366 Å². The average Bonchev–Trinajstić information content (AvgIpc) is 3.42. The van der Waals surface area contributed by atoms with Crippen molar-refractivity contribution in [3.05, 3.63) is 36.5 Å². The highest BCUT2D eigenvalue weighted by Gasteiger charge is 2.28. The highest BCUT2D eigenvalue weighted by Crippen LogP contribution is 2.43. The lowest BCUT2D eigenvalue weighted by atomic mass is 10.0. The maximum atomic E-state index is 13.1. The third-order valence-electron chi connectivity index (χ3n) is 16.1. The minimum absolute atomic E-state index is 0.0762. The molecule has 0 heterocycles. The number of nitrogens with one attached hydrogen (secondary N) is 1. The number of hydrogen-bond acceptors (Lipinski definition) is 5. The smallest absolute Gasteiger partial charge is 0.391 e. The third-order valence-corrected chi connectivity index (χ3v) is 17.1. The van der Waals surface area contributed by atoms with Gasteiger partial charge in [0.05, 0.1) is 39.9 Å². The number of phosphoric ester groups is 1. The van der Waals surface area contributed by atoms with E-state index in [0.717, 1.165) is 51.4 Å². The lowest BCUT2D eigenvalue weighted by Gasteiger charge is -2.26. The molecule has 0 aliphatic rings. The number of quaternary nitrogens is 1. The Morgan fingerprint density at radius 2 is 0.722 bits per heavy atom. The summed E-state index contributed by atoms with van der Waals surface area (Å²) < 4.78 is 23.9. The van der Waals surface area contributed by atoms with E-state index in [9.17, 15) is 19.4 Å². The van der Waals surface area contributed by atoms with Gasteiger partial charge in [-0.25, -0.2) is 4.57 Å². The molecule has 468 valence electrons. The summed E-state index contributed by atoms with van der Waals surface area (Å²) >= 11 is 0. The summed E-state index contributed by atoms with van der Waals surface area (Å²) in [5.41, 5.74) is 0. The van der Waals surface area contributed by atoms with Gasteiger partial charge in [-0.05, 0) is 51.4 Å². The van der Waals surface area contributed by atoms with Gasteiger partial charge in [0.25, 0.3) is 0 Å². The molecular formula is C70H138N2O6P+. The number of amides is 1. The molecule has 0 aromatic rings. The summed E-state index contributed by atoms with van der Waals surface area (Å²) in [4.78, 5) is 23.5. The summed E-state index contributed by atoms with van der Waals surface area (Å²) in [5, 5.41) is 14.2. The molecule has 0 spiro atoms. The van der Waals surface area contributed by atoms with Crippen LogP contribution in [0.25, 0.3) is 0 Å². The van der Waals surface area contributed by atoms with Crippen molar-refractivity contribution in [2.24, 2.45) is 0 Å². The normalized spacial score (nSPS) is 13.9.